The normalized spacial score (nSPS) is 13.9. The molecule has 6 heteroatoms. The molecule has 37 heavy (non-hydrogen) atoms. The molecular weight excluding hydrogens is 462 g/mol. The van der Waals surface area contributed by atoms with Crippen LogP contribution in [0.1, 0.15) is 113 Å². The first kappa shape index (κ1) is 28.5. The van der Waals surface area contributed by atoms with Gasteiger partial charge in [0.15, 0.2) is 5.75 Å². The number of nitrogens with one attached hydrogen (secondary N) is 2. The second kappa shape index (κ2) is 15.3. The Balaban J connectivity index is 1.71. The minimum Gasteiger partial charge on any atom is -0.490 e. The summed E-state index contributed by atoms with van der Waals surface area (Å²) in [5, 5.41) is 0. The molecule has 1 aliphatic rings. The topological polar surface area (TPSA) is 79.5 Å². The molecule has 0 atom stereocenters. The van der Waals surface area contributed by atoms with E-state index in [-0.39, 0.29) is 0 Å². The molecule has 0 unspecified atom stereocenters. The van der Waals surface area contributed by atoms with Crippen LogP contribution >= 0.6 is 0 Å². The predicted octanol–water partition coefficient (Wildman–Crippen LogP) is 8.56. The summed E-state index contributed by atoms with van der Waals surface area (Å²) in [5.74, 6) is 0.124. The van der Waals surface area contributed by atoms with Gasteiger partial charge in [0.1, 0.15) is 5.56 Å². The van der Waals surface area contributed by atoms with Crippen LogP contribution in [0.4, 0.5) is 0 Å². The van der Waals surface area contributed by atoms with E-state index in [1.165, 1.54) is 57.8 Å². The van der Waals surface area contributed by atoms with Crippen molar-refractivity contribution >= 4 is 17.8 Å². The Morgan fingerprint density at radius 1 is 0.919 bits per heavy atom. The van der Waals surface area contributed by atoms with Crippen molar-refractivity contribution in [2.75, 3.05) is 13.2 Å². The predicted molar refractivity (Wildman–Crippen MR) is 153 cm³/mol. The number of carbonyl (C=O) groups is 1. The second-order valence-corrected chi connectivity index (χ2v) is 9.83. The molecule has 0 amide bonds. The van der Waals surface area contributed by atoms with Crippen LogP contribution in [0.25, 0.3) is 17.5 Å². The van der Waals surface area contributed by atoms with E-state index in [2.05, 4.69) is 23.0 Å². The fourth-order valence-corrected chi connectivity index (χ4v) is 4.61. The van der Waals surface area contributed by atoms with Gasteiger partial charge >= 0.3 is 5.97 Å². The summed E-state index contributed by atoms with van der Waals surface area (Å²) < 4.78 is 11.5. The zero-order valence-corrected chi connectivity index (χ0v) is 23.3. The number of aliphatic imine (C=N–C) groups is 1. The van der Waals surface area contributed by atoms with E-state index in [0.29, 0.717) is 30.2 Å². The molecule has 3 rings (SSSR count). The number of hydrogen-bond acceptors (Lipinski definition) is 4. The highest BCUT2D eigenvalue weighted by Crippen LogP contribution is 2.36. The highest BCUT2D eigenvalue weighted by molar-refractivity contribution is 6.02. The summed E-state index contributed by atoms with van der Waals surface area (Å²) >= 11 is 0. The van der Waals surface area contributed by atoms with E-state index in [1.807, 2.05) is 45.1 Å². The Kier molecular flexibility index (Phi) is 11.8. The van der Waals surface area contributed by atoms with Crippen LogP contribution in [0.3, 0.4) is 0 Å². The van der Waals surface area contributed by atoms with Gasteiger partial charge in [-0.25, -0.2) is 4.79 Å². The Morgan fingerprint density at radius 2 is 1.65 bits per heavy atom. The van der Waals surface area contributed by atoms with Gasteiger partial charge in [-0.3, -0.25) is 4.99 Å². The van der Waals surface area contributed by atoms with E-state index < -0.39 is 5.97 Å². The van der Waals surface area contributed by atoms with E-state index >= 15 is 0 Å². The lowest BCUT2D eigenvalue weighted by Gasteiger charge is -2.08. The maximum Gasteiger partial charge on any atom is 0.344 e. The number of rotatable bonds is 17. The highest BCUT2D eigenvalue weighted by atomic mass is 16.5. The molecule has 0 aliphatic carbocycles. The fourth-order valence-electron chi connectivity index (χ4n) is 4.61. The SMILES string of the molecule is CCCCCCCCCCCC1=NC(=Cc2[nH]c(-c3ccc(C)[nH]3)c(C(=O)OCC)c2OCCC)C=C1. The highest BCUT2D eigenvalue weighted by Gasteiger charge is 2.27. The van der Waals surface area contributed by atoms with Gasteiger partial charge in [-0.1, -0.05) is 65.2 Å². The van der Waals surface area contributed by atoms with Crippen molar-refractivity contribution in [1.29, 1.82) is 0 Å². The first-order valence-electron chi connectivity index (χ1n) is 14.3. The lowest BCUT2D eigenvalue weighted by molar-refractivity contribution is 0.0523. The third kappa shape index (κ3) is 8.51. The molecule has 0 spiro atoms. The van der Waals surface area contributed by atoms with Gasteiger partial charge in [0.25, 0.3) is 0 Å². The van der Waals surface area contributed by atoms with Gasteiger partial charge in [0.2, 0.25) is 0 Å². The fraction of sp³-hybridized carbons (Fsp3) is 0.548. The smallest absolute Gasteiger partial charge is 0.344 e. The van der Waals surface area contributed by atoms with Crippen molar-refractivity contribution in [2.45, 2.75) is 98.3 Å². The summed E-state index contributed by atoms with van der Waals surface area (Å²) in [6.07, 6.45) is 19.8. The van der Waals surface area contributed by atoms with Crippen molar-refractivity contribution in [3.63, 3.8) is 0 Å². The number of unbranched alkanes of at least 4 members (excludes halogenated alkanes) is 8. The van der Waals surface area contributed by atoms with Gasteiger partial charge in [-0.15, -0.1) is 0 Å². The summed E-state index contributed by atoms with van der Waals surface area (Å²) in [6, 6.07) is 3.94. The Labute approximate surface area is 222 Å². The van der Waals surface area contributed by atoms with E-state index in [1.54, 1.807) is 0 Å². The average Bonchev–Trinajstić information content (AvgIpc) is 3.61. The Hall–Kier alpha value is -3.02. The lowest BCUT2D eigenvalue weighted by Crippen LogP contribution is -2.08. The first-order valence-corrected chi connectivity index (χ1v) is 14.3. The van der Waals surface area contributed by atoms with Crippen LogP contribution in [0, 0.1) is 6.92 Å². The monoisotopic (exact) mass is 507 g/mol. The number of aromatic nitrogens is 2. The minimum absolute atomic E-state index is 0.298. The number of ether oxygens (including phenoxy) is 2. The quantitative estimate of drug-likeness (QED) is 0.166. The van der Waals surface area contributed by atoms with Gasteiger partial charge < -0.3 is 19.4 Å². The number of hydrogen-bond donors (Lipinski definition) is 2. The van der Waals surface area contributed by atoms with Crippen molar-refractivity contribution < 1.29 is 14.3 Å². The van der Waals surface area contributed by atoms with Gasteiger partial charge in [-0.2, -0.15) is 0 Å². The van der Waals surface area contributed by atoms with Gasteiger partial charge in [0.05, 0.1) is 36.0 Å². The first-order chi connectivity index (χ1) is 18.1. The number of allylic oxidation sites excluding steroid dienone is 2. The molecule has 1 aliphatic heterocycles. The Bertz CT molecular complexity index is 1090. The van der Waals surface area contributed by atoms with Crippen LogP contribution in [-0.4, -0.2) is 34.9 Å². The molecule has 0 radical (unpaired) electrons. The van der Waals surface area contributed by atoms with Crippen LogP contribution in [0.2, 0.25) is 0 Å². The standard InChI is InChI=1S/C31H45N3O3/c1-5-8-9-10-11-12-13-14-15-16-24-18-19-25(33-24)22-27-30(37-21-6-2)28(31(35)36-7-3)29(34-27)26-20-17-23(4)32-26/h17-20,22,32,34H,5-16,21H2,1-4H3. The van der Waals surface area contributed by atoms with Gasteiger partial charge in [0, 0.05) is 11.4 Å². The van der Waals surface area contributed by atoms with Gasteiger partial charge in [-0.05, 0) is 63.5 Å². The number of esters is 1. The largest absolute Gasteiger partial charge is 0.490 e. The maximum atomic E-state index is 13.0. The third-order valence-corrected chi connectivity index (χ3v) is 6.56. The van der Waals surface area contributed by atoms with Crippen LogP contribution in [0.15, 0.2) is 35.0 Å². The molecule has 2 N–H and O–H groups in total. The number of aromatic amines is 2. The van der Waals surface area contributed by atoms with Crippen molar-refractivity contribution in [1.82, 2.24) is 9.97 Å². The van der Waals surface area contributed by atoms with E-state index in [4.69, 9.17) is 14.5 Å². The molecule has 202 valence electrons. The molecule has 3 heterocycles. The van der Waals surface area contributed by atoms with Crippen molar-refractivity contribution in [3.8, 4) is 17.1 Å². The molecule has 0 saturated carbocycles. The molecule has 2 aromatic heterocycles. The summed E-state index contributed by atoms with van der Waals surface area (Å²) in [7, 11) is 0. The maximum absolute atomic E-state index is 13.0. The van der Waals surface area contributed by atoms with Crippen molar-refractivity contribution in [2.24, 2.45) is 4.99 Å². The number of nitrogens with zero attached hydrogens (tertiary/aromatic N) is 1. The summed E-state index contributed by atoms with van der Waals surface area (Å²) in [6.45, 7) is 8.92. The minimum atomic E-state index is -0.395. The van der Waals surface area contributed by atoms with Crippen molar-refractivity contribution in [3.05, 3.63) is 46.9 Å². The molecule has 0 saturated heterocycles. The Morgan fingerprint density at radius 3 is 2.30 bits per heavy atom. The molecule has 0 aromatic carbocycles. The zero-order valence-electron chi connectivity index (χ0n) is 23.3. The molecule has 0 fully saturated rings. The third-order valence-electron chi connectivity index (χ3n) is 6.56. The summed E-state index contributed by atoms with van der Waals surface area (Å²) in [4.78, 5) is 24.6. The van der Waals surface area contributed by atoms with E-state index in [9.17, 15) is 4.79 Å². The number of H-pyrrole nitrogens is 2. The van der Waals surface area contributed by atoms with Crippen LogP contribution < -0.4 is 4.74 Å². The zero-order chi connectivity index (χ0) is 26.5. The average molecular weight is 508 g/mol. The lowest BCUT2D eigenvalue weighted by atomic mass is 10.1. The van der Waals surface area contributed by atoms with E-state index in [0.717, 1.165) is 41.3 Å². The van der Waals surface area contributed by atoms with Crippen LogP contribution in [-0.2, 0) is 4.74 Å². The molecule has 2 aromatic rings. The number of aryl methyl sites for hydroxylation is 1. The second-order valence-electron chi connectivity index (χ2n) is 9.83. The van der Waals surface area contributed by atoms with Crippen LogP contribution in [0.5, 0.6) is 5.75 Å². The molecule has 6 nitrogen and oxygen atoms in total. The number of carbonyl (C=O) groups excluding carboxylic acids is 1. The summed E-state index contributed by atoms with van der Waals surface area (Å²) in [5.41, 5.74) is 5.63. The molecular formula is C31H45N3O3. The molecule has 0 bridgehead atoms.